The summed E-state index contributed by atoms with van der Waals surface area (Å²) >= 11 is 11.3. The topological polar surface area (TPSA) is 33.2 Å². The second-order valence-electron chi connectivity index (χ2n) is 3.90. The van der Waals surface area contributed by atoms with Crippen LogP contribution in [0.1, 0.15) is 24.5 Å². The quantitative estimate of drug-likeness (QED) is 0.450. The number of piperidine rings is 1. The summed E-state index contributed by atoms with van der Waals surface area (Å²) in [4.78, 5) is 16.9. The largest absolute Gasteiger partial charge is 0.329 e. The molecule has 0 saturated carbocycles. The van der Waals surface area contributed by atoms with Crippen molar-refractivity contribution >= 4 is 41.0 Å². The van der Waals surface area contributed by atoms with Gasteiger partial charge in [-0.05, 0) is 36.6 Å². The molecule has 1 aliphatic rings. The van der Waals surface area contributed by atoms with Crippen LogP contribution in [0.4, 0.5) is 4.79 Å². The third-order valence-electron chi connectivity index (χ3n) is 2.90. The monoisotopic (exact) mass is 294 g/mol. The molecule has 6 heteroatoms. The number of halogens is 3. The van der Waals surface area contributed by atoms with E-state index in [1.165, 1.54) is 0 Å². The van der Waals surface area contributed by atoms with Crippen LogP contribution in [0.5, 0.6) is 0 Å². The molecule has 0 radical (unpaired) electrons. The Balaban J connectivity index is 0.00000144. The van der Waals surface area contributed by atoms with Gasteiger partial charge in [0.05, 0.1) is 0 Å². The predicted molar refractivity (Wildman–Crippen MR) is 71.3 cm³/mol. The molecule has 0 aliphatic carbocycles. The molecule has 0 unspecified atom stereocenters. The molecule has 0 aromatic carbocycles. The number of hydrogen-bond acceptors (Lipinski definition) is 2. The van der Waals surface area contributed by atoms with E-state index in [2.05, 4.69) is 4.98 Å². The van der Waals surface area contributed by atoms with Gasteiger partial charge in [-0.25, -0.2) is 4.98 Å². The lowest BCUT2D eigenvalue weighted by Gasteiger charge is -2.30. The van der Waals surface area contributed by atoms with Crippen molar-refractivity contribution in [1.29, 1.82) is 0 Å². The second kappa shape index (κ2) is 6.43. The fraction of sp³-hybridized carbons (Fsp3) is 0.455. The van der Waals surface area contributed by atoms with E-state index in [-0.39, 0.29) is 17.8 Å². The lowest BCUT2D eigenvalue weighted by atomic mass is 9.93. The maximum Gasteiger partial charge on any atom is 0.316 e. The van der Waals surface area contributed by atoms with Crippen molar-refractivity contribution in [2.45, 2.75) is 18.8 Å². The fourth-order valence-corrected chi connectivity index (χ4v) is 2.34. The summed E-state index contributed by atoms with van der Waals surface area (Å²) in [5.41, 5.74) is 1.01. The van der Waals surface area contributed by atoms with Crippen LogP contribution >= 0.6 is 35.6 Å². The van der Waals surface area contributed by atoms with E-state index in [1.54, 1.807) is 11.0 Å². The van der Waals surface area contributed by atoms with E-state index in [4.69, 9.17) is 23.2 Å². The molecular formula is C11H13Cl3N2O. The molecule has 1 aromatic heterocycles. The van der Waals surface area contributed by atoms with Crippen molar-refractivity contribution < 1.29 is 4.79 Å². The molecule has 1 aromatic rings. The first kappa shape index (κ1) is 14.6. The predicted octanol–water partition coefficient (Wildman–Crippen LogP) is 3.70. The number of aromatic nitrogens is 1. The molecule has 1 aliphatic heterocycles. The Kier molecular flexibility index (Phi) is 5.50. The highest BCUT2D eigenvalue weighted by atomic mass is 35.5. The molecule has 3 nitrogen and oxygen atoms in total. The molecule has 2 heterocycles. The van der Waals surface area contributed by atoms with Gasteiger partial charge in [0.25, 0.3) is 0 Å². The fourth-order valence-electron chi connectivity index (χ4n) is 2.00. The minimum Gasteiger partial charge on any atom is -0.329 e. The van der Waals surface area contributed by atoms with E-state index in [9.17, 15) is 4.79 Å². The third kappa shape index (κ3) is 3.73. The third-order valence-corrected chi connectivity index (χ3v) is 3.35. The van der Waals surface area contributed by atoms with E-state index in [0.717, 1.165) is 18.5 Å². The minimum absolute atomic E-state index is 0. The number of amides is 1. The molecule has 1 amide bonds. The van der Waals surface area contributed by atoms with Crippen molar-refractivity contribution in [3.05, 3.63) is 29.0 Å². The van der Waals surface area contributed by atoms with Crippen LogP contribution in [0.2, 0.25) is 5.15 Å². The van der Waals surface area contributed by atoms with Crippen molar-refractivity contribution in [3.63, 3.8) is 0 Å². The van der Waals surface area contributed by atoms with Gasteiger partial charge in [-0.3, -0.25) is 4.79 Å². The van der Waals surface area contributed by atoms with Crippen LogP contribution in [0.3, 0.4) is 0 Å². The Bertz CT molecular complexity index is 392. The molecule has 0 bridgehead atoms. The van der Waals surface area contributed by atoms with Crippen LogP contribution in [-0.4, -0.2) is 28.3 Å². The van der Waals surface area contributed by atoms with Gasteiger partial charge in [0.15, 0.2) is 0 Å². The molecular weight excluding hydrogens is 282 g/mol. The van der Waals surface area contributed by atoms with Crippen molar-refractivity contribution in [2.75, 3.05) is 13.1 Å². The van der Waals surface area contributed by atoms with Crippen LogP contribution < -0.4 is 0 Å². The zero-order chi connectivity index (χ0) is 11.5. The molecule has 94 valence electrons. The van der Waals surface area contributed by atoms with Crippen LogP contribution in [0.25, 0.3) is 0 Å². The van der Waals surface area contributed by atoms with Gasteiger partial charge in [0.1, 0.15) is 5.15 Å². The highest BCUT2D eigenvalue weighted by Gasteiger charge is 2.23. The molecule has 17 heavy (non-hydrogen) atoms. The zero-order valence-electron chi connectivity index (χ0n) is 9.10. The Morgan fingerprint density at radius 3 is 2.53 bits per heavy atom. The Hall–Kier alpha value is -0.510. The van der Waals surface area contributed by atoms with E-state index in [1.807, 2.05) is 12.1 Å². The number of pyridine rings is 1. The Morgan fingerprint density at radius 2 is 2.00 bits per heavy atom. The Labute approximate surface area is 117 Å². The van der Waals surface area contributed by atoms with Gasteiger partial charge in [-0.2, -0.15) is 0 Å². The Morgan fingerprint density at radius 1 is 1.35 bits per heavy atom. The van der Waals surface area contributed by atoms with E-state index >= 15 is 0 Å². The zero-order valence-corrected chi connectivity index (χ0v) is 11.4. The van der Waals surface area contributed by atoms with Crippen LogP contribution in [0, 0.1) is 0 Å². The maximum absolute atomic E-state index is 11.0. The highest BCUT2D eigenvalue weighted by Crippen LogP contribution is 2.27. The molecule has 0 N–H and O–H groups in total. The van der Waals surface area contributed by atoms with Gasteiger partial charge in [0, 0.05) is 24.7 Å². The summed E-state index contributed by atoms with van der Waals surface area (Å²) in [5.74, 6) is 0.381. The molecule has 0 spiro atoms. The maximum atomic E-state index is 11.0. The summed E-state index contributed by atoms with van der Waals surface area (Å²) in [6, 6.07) is 5.65. The van der Waals surface area contributed by atoms with Crippen LogP contribution in [0.15, 0.2) is 18.2 Å². The first-order chi connectivity index (χ1) is 7.66. The number of rotatable bonds is 1. The van der Waals surface area contributed by atoms with E-state index in [0.29, 0.717) is 24.2 Å². The number of likely N-dealkylation sites (tertiary alicyclic amines) is 1. The number of nitrogens with zero attached hydrogens (tertiary/aromatic N) is 2. The smallest absolute Gasteiger partial charge is 0.316 e. The van der Waals surface area contributed by atoms with Gasteiger partial charge in [-0.15, -0.1) is 12.4 Å². The van der Waals surface area contributed by atoms with Crippen molar-refractivity contribution in [1.82, 2.24) is 9.88 Å². The summed E-state index contributed by atoms with van der Waals surface area (Å²) in [7, 11) is 0. The van der Waals surface area contributed by atoms with E-state index < -0.39 is 0 Å². The van der Waals surface area contributed by atoms with Crippen molar-refractivity contribution in [2.24, 2.45) is 0 Å². The molecule has 1 fully saturated rings. The summed E-state index contributed by atoms with van der Waals surface area (Å²) < 4.78 is 0. The summed E-state index contributed by atoms with van der Waals surface area (Å²) in [6.45, 7) is 1.39. The van der Waals surface area contributed by atoms with Crippen LogP contribution in [-0.2, 0) is 0 Å². The summed E-state index contributed by atoms with van der Waals surface area (Å²) in [6.07, 6.45) is 1.79. The lowest BCUT2D eigenvalue weighted by molar-refractivity contribution is 0.204. The molecule has 0 atom stereocenters. The first-order valence-electron chi connectivity index (χ1n) is 5.23. The lowest BCUT2D eigenvalue weighted by Crippen LogP contribution is -2.34. The number of carbonyl (C=O) groups excluding carboxylic acids is 1. The first-order valence-corrected chi connectivity index (χ1v) is 5.99. The van der Waals surface area contributed by atoms with Crippen molar-refractivity contribution in [3.8, 4) is 0 Å². The van der Waals surface area contributed by atoms with Gasteiger partial charge < -0.3 is 4.90 Å². The average molecular weight is 296 g/mol. The van der Waals surface area contributed by atoms with Gasteiger partial charge in [0.2, 0.25) is 0 Å². The second-order valence-corrected chi connectivity index (χ2v) is 4.61. The highest BCUT2D eigenvalue weighted by molar-refractivity contribution is 6.62. The van der Waals surface area contributed by atoms with Gasteiger partial charge >= 0.3 is 5.37 Å². The summed E-state index contributed by atoms with van der Waals surface area (Å²) in [5, 5.41) is 0.158. The molecule has 2 rings (SSSR count). The van der Waals surface area contributed by atoms with Gasteiger partial charge in [-0.1, -0.05) is 17.7 Å². The number of carbonyl (C=O) groups is 1. The standard InChI is InChI=1S/C11H12Cl2N2O.ClH/c12-10-3-1-2-9(14-10)8-4-6-15(7-5-8)11(13)16;/h1-3,8H,4-7H2;1H. The average Bonchev–Trinajstić information content (AvgIpc) is 2.29. The minimum atomic E-state index is -0.363. The SMILES string of the molecule is Cl.O=C(Cl)N1CCC(c2cccc(Cl)n2)CC1. The number of hydrogen-bond donors (Lipinski definition) is 0. The normalized spacial score (nSPS) is 16.5. The molecule has 1 saturated heterocycles.